The molecule has 0 aromatic rings. The van der Waals surface area contributed by atoms with Crippen LogP contribution < -0.4 is 0 Å². The fourth-order valence-corrected chi connectivity index (χ4v) is 7.18. The fourth-order valence-electron chi connectivity index (χ4n) is 3.64. The summed E-state index contributed by atoms with van der Waals surface area (Å²) >= 11 is 4.05. The molecule has 0 unspecified atom stereocenters. The predicted octanol–water partition coefficient (Wildman–Crippen LogP) is 9.56. The van der Waals surface area contributed by atoms with Crippen LogP contribution in [0.3, 0.4) is 0 Å². The monoisotopic (exact) mass is 434 g/mol. The number of unbranched alkanes of at least 4 members (excludes halogenated alkanes) is 15. The van der Waals surface area contributed by atoms with Crippen molar-refractivity contribution in [2.45, 2.75) is 110 Å². The molecule has 0 aliphatic heterocycles. The summed E-state index contributed by atoms with van der Waals surface area (Å²) in [4.78, 5) is 0. The van der Waals surface area contributed by atoms with Crippen molar-refractivity contribution in [3.05, 3.63) is 12.7 Å². The quantitative estimate of drug-likeness (QED) is 0.108. The predicted molar refractivity (Wildman–Crippen MR) is 127 cm³/mol. The molecule has 0 fully saturated rings. The third-order valence-corrected chi connectivity index (χ3v) is 10.4. The zero-order valence-electron chi connectivity index (χ0n) is 17.8. The van der Waals surface area contributed by atoms with Crippen LogP contribution in [-0.4, -0.2) is 25.7 Å². The van der Waals surface area contributed by atoms with Gasteiger partial charge in [-0.2, -0.15) is 0 Å². The molecular weight excluding hydrogens is 387 g/mol. The Hall–Kier alpha value is 0.650. The summed E-state index contributed by atoms with van der Waals surface area (Å²) < 4.78 is 0. The molecule has 152 valence electrons. The van der Waals surface area contributed by atoms with Gasteiger partial charge in [-0.05, 0) is 0 Å². The summed E-state index contributed by atoms with van der Waals surface area (Å²) in [6.45, 7) is 11.1. The van der Waals surface area contributed by atoms with Gasteiger partial charge in [-0.1, -0.05) is 39.0 Å². The smallest absolute Gasteiger partial charge is 0.0654 e. The van der Waals surface area contributed by atoms with Crippen LogP contribution in [0.4, 0.5) is 0 Å². The van der Waals surface area contributed by atoms with Crippen molar-refractivity contribution in [3.63, 3.8) is 0 Å². The Labute approximate surface area is 168 Å². The van der Waals surface area contributed by atoms with E-state index in [4.69, 9.17) is 0 Å². The van der Waals surface area contributed by atoms with Crippen molar-refractivity contribution in [2.24, 2.45) is 0 Å². The van der Waals surface area contributed by atoms with Gasteiger partial charge in [0.2, 0.25) is 0 Å². The van der Waals surface area contributed by atoms with Crippen LogP contribution in [-0.2, 0) is 0 Å². The van der Waals surface area contributed by atoms with Gasteiger partial charge in [0.05, 0.1) is 0 Å². The summed E-state index contributed by atoms with van der Waals surface area (Å²) in [6.07, 6.45) is 27.8. The molecule has 0 atom stereocenters. The molecule has 0 saturated heterocycles. The third-order valence-electron chi connectivity index (χ3n) is 5.39. The number of rotatable bonds is 19. The van der Waals surface area contributed by atoms with E-state index in [9.17, 15) is 0 Å². The van der Waals surface area contributed by atoms with E-state index in [0.717, 1.165) is 0 Å². The van der Waals surface area contributed by atoms with Crippen LogP contribution in [0, 0.1) is 0 Å². The third kappa shape index (κ3) is 19.2. The molecule has 0 bridgehead atoms. The standard InChI is InChI=1S/C23H48BrP/c1-5-7-8-9-10-11-12-13-14-15-16-17-18-19-20-21-23-25(3,4,24)22-6-2/h6H,2,5,7-23H2,1,3-4H3. The Morgan fingerprint density at radius 2 is 0.960 bits per heavy atom. The van der Waals surface area contributed by atoms with Crippen LogP contribution >= 0.6 is 20.8 Å². The van der Waals surface area contributed by atoms with Gasteiger partial charge in [0.15, 0.2) is 0 Å². The Morgan fingerprint density at radius 1 is 0.640 bits per heavy atom. The molecule has 25 heavy (non-hydrogen) atoms. The molecular formula is C23H48BrP. The van der Waals surface area contributed by atoms with Crippen molar-refractivity contribution in [1.29, 1.82) is 0 Å². The van der Waals surface area contributed by atoms with E-state index >= 15 is 0 Å². The molecule has 0 nitrogen and oxygen atoms in total. The molecule has 2 heteroatoms. The second-order valence-electron chi connectivity index (χ2n) is 9.01. The maximum atomic E-state index is 4.05. The average Bonchev–Trinajstić information content (AvgIpc) is 2.54. The molecule has 0 heterocycles. The molecule has 0 saturated carbocycles. The minimum absolute atomic E-state index is 1.17. The van der Waals surface area contributed by atoms with Gasteiger partial charge in [-0.15, -0.1) is 0 Å². The van der Waals surface area contributed by atoms with Gasteiger partial charge in [0, 0.05) is 0 Å². The number of hydrogen-bond acceptors (Lipinski definition) is 0. The van der Waals surface area contributed by atoms with Crippen molar-refractivity contribution in [3.8, 4) is 0 Å². The first kappa shape index (κ1) is 25.6. The first-order chi connectivity index (χ1) is 11.9. The Morgan fingerprint density at radius 3 is 1.28 bits per heavy atom. The molecule has 0 radical (unpaired) electrons. The van der Waals surface area contributed by atoms with Crippen LogP contribution in [0.5, 0.6) is 0 Å². The van der Waals surface area contributed by atoms with E-state index in [1.807, 2.05) is 0 Å². The summed E-state index contributed by atoms with van der Waals surface area (Å²) in [6, 6.07) is 0. The molecule has 0 aromatic heterocycles. The molecule has 0 aliphatic carbocycles. The molecule has 0 rings (SSSR count). The second kappa shape index (κ2) is 15.7. The molecule has 0 aliphatic rings. The normalized spacial score (nSPS) is 13.5. The average molecular weight is 436 g/mol. The summed E-state index contributed by atoms with van der Waals surface area (Å²) in [7, 11) is 0. The van der Waals surface area contributed by atoms with E-state index in [-0.39, 0.29) is 0 Å². The van der Waals surface area contributed by atoms with Crippen molar-refractivity contribution in [1.82, 2.24) is 0 Å². The van der Waals surface area contributed by atoms with E-state index in [0.29, 0.717) is 0 Å². The van der Waals surface area contributed by atoms with E-state index < -0.39 is 5.31 Å². The fraction of sp³-hybridized carbons (Fsp3) is 0.913. The van der Waals surface area contributed by atoms with Crippen molar-refractivity contribution < 1.29 is 0 Å². The zero-order chi connectivity index (χ0) is 18.9. The first-order valence-electron chi connectivity index (χ1n) is 11.2. The number of halogens is 1. The van der Waals surface area contributed by atoms with Gasteiger partial charge in [-0.3, -0.25) is 0 Å². The van der Waals surface area contributed by atoms with E-state index in [1.54, 1.807) is 0 Å². The SMILES string of the molecule is C=CCP(C)(C)(Br)CCCCCCCCCCCCCCCCCC. The number of hydrogen-bond donors (Lipinski definition) is 0. The topological polar surface area (TPSA) is 0 Å². The molecule has 0 amide bonds. The van der Waals surface area contributed by atoms with E-state index in [1.165, 1.54) is 115 Å². The number of allylic oxidation sites excluding steroid dienone is 1. The van der Waals surface area contributed by atoms with Crippen LogP contribution in [0.25, 0.3) is 0 Å². The van der Waals surface area contributed by atoms with Gasteiger partial charge in [-0.25, -0.2) is 0 Å². The zero-order valence-corrected chi connectivity index (χ0v) is 20.3. The van der Waals surface area contributed by atoms with Gasteiger partial charge < -0.3 is 0 Å². The van der Waals surface area contributed by atoms with Crippen LogP contribution in [0.15, 0.2) is 12.7 Å². The Balaban J connectivity index is 3.23. The van der Waals surface area contributed by atoms with Crippen LogP contribution in [0.2, 0.25) is 0 Å². The summed E-state index contributed by atoms with van der Waals surface area (Å²) in [5.41, 5.74) is 0. The van der Waals surface area contributed by atoms with Crippen molar-refractivity contribution >= 4 is 20.8 Å². The minimum Gasteiger partial charge on any atom is -0.0654 e. The maximum absolute atomic E-state index is 4.05. The summed E-state index contributed by atoms with van der Waals surface area (Å²) in [5, 5.41) is -1.58. The van der Waals surface area contributed by atoms with Gasteiger partial charge in [0.1, 0.15) is 0 Å². The minimum atomic E-state index is -1.58. The van der Waals surface area contributed by atoms with Crippen molar-refractivity contribution in [2.75, 3.05) is 25.7 Å². The van der Waals surface area contributed by atoms with Gasteiger partial charge >= 0.3 is 130 Å². The molecule has 0 N–H and O–H groups in total. The van der Waals surface area contributed by atoms with Gasteiger partial charge in [0.25, 0.3) is 0 Å². The Bertz CT molecular complexity index is 303. The van der Waals surface area contributed by atoms with Crippen LogP contribution in [0.1, 0.15) is 110 Å². The van der Waals surface area contributed by atoms with E-state index in [2.05, 4.69) is 48.4 Å². The summed E-state index contributed by atoms with van der Waals surface area (Å²) in [5.74, 6) is 0. The molecule has 0 spiro atoms. The second-order valence-corrected chi connectivity index (χ2v) is 22.1. The first-order valence-corrected chi connectivity index (χ1v) is 16.7. The Kier molecular flexibility index (Phi) is 16.1. The molecule has 0 aromatic carbocycles.